The molecule has 6 rings (SSSR count). The lowest BCUT2D eigenvalue weighted by molar-refractivity contribution is -0.385. The van der Waals surface area contributed by atoms with E-state index in [1.807, 2.05) is 0 Å². The smallest absolute Gasteiger partial charge is 0.296 e. The second-order valence-electron chi connectivity index (χ2n) is 13.3. The van der Waals surface area contributed by atoms with Crippen LogP contribution in [0.4, 0.5) is 45.5 Å². The first-order valence-corrected chi connectivity index (χ1v) is 23.5. The molecule has 16 N–H and O–H groups in total. The highest BCUT2D eigenvalue weighted by Crippen LogP contribution is 2.38. The molecule has 352 valence electrons. The summed E-state index contributed by atoms with van der Waals surface area (Å²) < 4.78 is 138. The van der Waals surface area contributed by atoms with Crippen molar-refractivity contribution in [2.45, 2.75) is 19.6 Å². The standard InChI is InChI=1S/C16H15N3O7S2.C14H12N2O8S2.C8H12N2O2/c17-12-4-2-10(7-13(12)27(21,22)23)19-9-1-3-11-8(5-9)6-14(28(24,25)26)15(18)16(11)20;15-11-5-3-9(13(7-11)25(19,20)21)1-2-10-4-6-12(16(17)18)8-14(10)26(22,23)24;1-11-7-3-6(10)8(12-2)4-5(7)9/h1-7,19-20H,17-18H2,(H,21,22,23)(H,24,25,26);1-8H,15H2,(H,19,20,21)(H,22,23,24);3-4H,9-10H2,1-2H3. The van der Waals surface area contributed by atoms with E-state index in [0.29, 0.717) is 34.6 Å². The molecule has 0 bridgehead atoms. The van der Waals surface area contributed by atoms with Crippen LogP contribution in [-0.4, -0.2) is 76.1 Å². The summed E-state index contributed by atoms with van der Waals surface area (Å²) in [6, 6.07) is 19.1. The molecule has 0 heterocycles. The highest BCUT2D eigenvalue weighted by atomic mass is 32.2. The van der Waals surface area contributed by atoms with Crippen molar-refractivity contribution in [3.05, 3.63) is 112 Å². The predicted octanol–water partition coefficient (Wildman–Crippen LogP) is 4.66. The molecule has 0 aliphatic heterocycles. The number of phenols is 1. The van der Waals surface area contributed by atoms with Gasteiger partial charge in [0.05, 0.1) is 41.9 Å². The monoisotopic (exact) mass is 993 g/mol. The van der Waals surface area contributed by atoms with Crippen LogP contribution in [0.5, 0.6) is 17.2 Å². The Hall–Kier alpha value is -7.44. The lowest BCUT2D eigenvalue weighted by Gasteiger charge is -2.12. The van der Waals surface area contributed by atoms with Crippen LogP contribution in [0.2, 0.25) is 0 Å². The number of hydrogen-bond donors (Lipinski definition) is 11. The minimum Gasteiger partial charge on any atom is -0.505 e. The maximum Gasteiger partial charge on any atom is 0.296 e. The third-order valence-corrected chi connectivity index (χ3v) is 12.4. The van der Waals surface area contributed by atoms with Crippen molar-refractivity contribution in [2.24, 2.45) is 0 Å². The number of benzene rings is 6. The maximum atomic E-state index is 11.5. The number of aromatic hydroxyl groups is 1. The van der Waals surface area contributed by atoms with Crippen molar-refractivity contribution >= 4 is 109 Å². The minimum atomic E-state index is -4.78. The molecule has 0 spiro atoms. The number of nitrogen functional groups attached to an aromatic ring is 5. The Morgan fingerprint density at radius 3 is 1.52 bits per heavy atom. The molecule has 0 saturated carbocycles. The van der Waals surface area contributed by atoms with E-state index in [1.165, 1.54) is 56.7 Å². The van der Waals surface area contributed by atoms with E-state index in [2.05, 4.69) is 5.32 Å². The Labute approximate surface area is 376 Å². The van der Waals surface area contributed by atoms with Gasteiger partial charge in [0, 0.05) is 46.7 Å². The van der Waals surface area contributed by atoms with Gasteiger partial charge in [0.25, 0.3) is 46.2 Å². The van der Waals surface area contributed by atoms with E-state index in [1.54, 1.807) is 12.1 Å². The van der Waals surface area contributed by atoms with Gasteiger partial charge in [-0.15, -0.1) is 0 Å². The number of hydrogen-bond acceptors (Lipinski definition) is 19. The van der Waals surface area contributed by atoms with Gasteiger partial charge in [-0.05, 0) is 77.2 Å². The van der Waals surface area contributed by atoms with Crippen LogP contribution in [-0.2, 0) is 40.5 Å². The molecule has 28 heteroatoms. The summed E-state index contributed by atoms with van der Waals surface area (Å²) in [5, 5.41) is 24.2. The molecule has 0 aromatic heterocycles. The van der Waals surface area contributed by atoms with E-state index in [4.69, 9.17) is 38.1 Å². The second-order valence-corrected chi connectivity index (χ2v) is 18.9. The molecule has 0 saturated heterocycles. The molecule has 0 aliphatic rings. The Bertz CT molecular complexity index is 3340. The molecule has 6 aromatic carbocycles. The zero-order valence-corrected chi connectivity index (χ0v) is 37.2. The third kappa shape index (κ3) is 12.6. The van der Waals surface area contributed by atoms with Crippen molar-refractivity contribution in [3.8, 4) is 17.2 Å². The fourth-order valence-corrected chi connectivity index (χ4v) is 8.42. The summed E-state index contributed by atoms with van der Waals surface area (Å²) in [5.41, 5.74) is 28.3. The number of fused-ring (bicyclic) bond motifs is 1. The largest absolute Gasteiger partial charge is 0.505 e. The van der Waals surface area contributed by atoms with Crippen LogP contribution in [0.15, 0.2) is 111 Å². The molecule has 0 atom stereocenters. The SMILES string of the molecule is COc1cc(N)c(OC)cc1N.Nc1ccc(C=Cc2ccc([N+](=O)[O-])cc2S(=O)(=O)O)c(S(=O)(=O)O)c1.Nc1ccc(Nc2ccc3c(O)c(N)c(S(=O)(=O)O)cc3c2)cc1S(=O)(=O)O. The highest BCUT2D eigenvalue weighted by Gasteiger charge is 2.22. The summed E-state index contributed by atoms with van der Waals surface area (Å²) >= 11 is 0. The zero-order valence-electron chi connectivity index (χ0n) is 33.9. The number of non-ortho nitro benzene ring substituents is 1. The Balaban J connectivity index is 0.000000233. The van der Waals surface area contributed by atoms with Gasteiger partial charge in [-0.3, -0.25) is 28.3 Å². The van der Waals surface area contributed by atoms with Crippen molar-refractivity contribution in [2.75, 3.05) is 48.2 Å². The van der Waals surface area contributed by atoms with Crippen molar-refractivity contribution < 1.29 is 71.4 Å². The van der Waals surface area contributed by atoms with Gasteiger partial charge in [-0.1, -0.05) is 18.2 Å². The van der Waals surface area contributed by atoms with Crippen molar-refractivity contribution in [3.63, 3.8) is 0 Å². The maximum absolute atomic E-state index is 11.5. The van der Waals surface area contributed by atoms with Gasteiger partial charge < -0.3 is 48.6 Å². The van der Waals surface area contributed by atoms with Gasteiger partial charge in [0.15, 0.2) is 0 Å². The molecule has 0 fully saturated rings. The van der Waals surface area contributed by atoms with E-state index in [0.717, 1.165) is 42.5 Å². The fourth-order valence-electron chi connectivity index (χ4n) is 5.71. The molecule has 0 unspecified atom stereocenters. The normalized spacial score (nSPS) is 11.8. The summed E-state index contributed by atoms with van der Waals surface area (Å²) in [7, 11) is -15.5. The number of nitro benzene ring substituents is 1. The van der Waals surface area contributed by atoms with Crippen LogP contribution in [0, 0.1) is 10.1 Å². The van der Waals surface area contributed by atoms with Crippen LogP contribution in [0.3, 0.4) is 0 Å². The number of ether oxygens (including phenoxy) is 2. The van der Waals surface area contributed by atoms with Gasteiger partial charge in [0.2, 0.25) is 0 Å². The summed E-state index contributed by atoms with van der Waals surface area (Å²) in [6.07, 6.45) is 2.27. The molecule has 0 amide bonds. The summed E-state index contributed by atoms with van der Waals surface area (Å²) in [6.45, 7) is 0. The molecule has 6 aromatic rings. The predicted molar refractivity (Wildman–Crippen MR) is 245 cm³/mol. The van der Waals surface area contributed by atoms with Gasteiger partial charge in [0.1, 0.15) is 36.8 Å². The molecule has 24 nitrogen and oxygen atoms in total. The number of nitrogens with two attached hydrogens (primary N) is 5. The molecule has 0 radical (unpaired) electrons. The number of methoxy groups -OCH3 is 2. The molecular formula is C38H39N7O17S4. The first-order valence-electron chi connectivity index (χ1n) is 17.7. The zero-order chi connectivity index (χ0) is 49.7. The van der Waals surface area contributed by atoms with Crippen LogP contribution in [0.1, 0.15) is 11.1 Å². The van der Waals surface area contributed by atoms with Crippen LogP contribution >= 0.6 is 0 Å². The number of anilines is 7. The van der Waals surface area contributed by atoms with Gasteiger partial charge >= 0.3 is 0 Å². The number of phenolic OH excluding ortho intramolecular Hbond substituents is 1. The highest BCUT2D eigenvalue weighted by molar-refractivity contribution is 7.86. The van der Waals surface area contributed by atoms with E-state index in [9.17, 15) is 67.1 Å². The molecule has 0 aliphatic carbocycles. The van der Waals surface area contributed by atoms with Crippen LogP contribution in [0.25, 0.3) is 22.9 Å². The molecular weight excluding hydrogens is 955 g/mol. The Morgan fingerprint density at radius 1 is 0.561 bits per heavy atom. The first kappa shape index (κ1) is 51.2. The van der Waals surface area contributed by atoms with Gasteiger partial charge in [-0.25, -0.2) is 0 Å². The third-order valence-electron chi connectivity index (χ3n) is 8.80. The Kier molecular flexibility index (Phi) is 15.3. The molecule has 66 heavy (non-hydrogen) atoms. The Morgan fingerprint density at radius 2 is 1.03 bits per heavy atom. The lowest BCUT2D eigenvalue weighted by Crippen LogP contribution is -2.04. The average molecular weight is 994 g/mol. The topological polar surface area (TPSA) is 441 Å². The number of nitro groups is 1. The number of nitrogens with one attached hydrogen (secondary N) is 1. The van der Waals surface area contributed by atoms with E-state index >= 15 is 0 Å². The van der Waals surface area contributed by atoms with Crippen molar-refractivity contribution in [1.29, 1.82) is 0 Å². The average Bonchev–Trinajstić information content (AvgIpc) is 3.21. The van der Waals surface area contributed by atoms with Crippen LogP contribution < -0.4 is 43.5 Å². The quantitative estimate of drug-likeness (QED) is 0.0210. The minimum absolute atomic E-state index is 0.0126. The number of nitrogens with zero attached hydrogens (tertiary/aromatic N) is 1. The number of rotatable bonds is 11. The van der Waals surface area contributed by atoms with E-state index in [-0.39, 0.29) is 39.0 Å². The second kappa shape index (κ2) is 19.7. The fraction of sp³-hybridized carbons (Fsp3) is 0.0526. The first-order chi connectivity index (χ1) is 30.5. The van der Waals surface area contributed by atoms with E-state index < -0.39 is 82.1 Å². The van der Waals surface area contributed by atoms with Gasteiger partial charge in [-0.2, -0.15) is 33.7 Å². The van der Waals surface area contributed by atoms with Crippen molar-refractivity contribution in [1.82, 2.24) is 0 Å². The summed E-state index contributed by atoms with van der Waals surface area (Å²) in [5.74, 6) is 0.624. The summed E-state index contributed by atoms with van der Waals surface area (Å²) in [4.78, 5) is 7.57. The lowest BCUT2D eigenvalue weighted by atomic mass is 10.1.